The molecule has 0 aliphatic carbocycles. The zero-order valence-corrected chi connectivity index (χ0v) is 14.0. The summed E-state index contributed by atoms with van der Waals surface area (Å²) in [6.45, 7) is 3.36. The summed E-state index contributed by atoms with van der Waals surface area (Å²) in [4.78, 5) is 0. The molecule has 1 atom stereocenters. The van der Waals surface area contributed by atoms with Crippen LogP contribution in [-0.4, -0.2) is 25.4 Å². The summed E-state index contributed by atoms with van der Waals surface area (Å²) in [6, 6.07) is 9.00. The van der Waals surface area contributed by atoms with E-state index in [2.05, 4.69) is 5.32 Å². The maximum Gasteiger partial charge on any atom is 0.161 e. The van der Waals surface area contributed by atoms with Crippen molar-refractivity contribution in [1.82, 2.24) is 5.32 Å². The van der Waals surface area contributed by atoms with Gasteiger partial charge in [-0.2, -0.15) is 0 Å². The fourth-order valence-electron chi connectivity index (χ4n) is 3.03. The summed E-state index contributed by atoms with van der Waals surface area (Å²) in [5, 5.41) is 14.3. The van der Waals surface area contributed by atoms with Gasteiger partial charge < -0.3 is 19.9 Å². The molecule has 2 aromatic carbocycles. The van der Waals surface area contributed by atoms with Crippen LogP contribution in [0.15, 0.2) is 30.3 Å². The van der Waals surface area contributed by atoms with Gasteiger partial charge in [0.25, 0.3) is 0 Å². The van der Waals surface area contributed by atoms with Gasteiger partial charge >= 0.3 is 0 Å². The minimum Gasteiger partial charge on any atom is -0.508 e. The van der Waals surface area contributed by atoms with Crippen molar-refractivity contribution in [3.05, 3.63) is 52.0 Å². The lowest BCUT2D eigenvalue weighted by Crippen LogP contribution is -2.30. The molecule has 23 heavy (non-hydrogen) atoms. The first-order valence-corrected chi connectivity index (χ1v) is 8.07. The molecule has 1 aliphatic rings. The molecule has 0 saturated heterocycles. The highest BCUT2D eigenvalue weighted by Crippen LogP contribution is 2.40. The highest BCUT2D eigenvalue weighted by Gasteiger charge is 2.26. The fourth-order valence-corrected chi connectivity index (χ4v) is 3.21. The molecule has 0 bridgehead atoms. The Kier molecular flexibility index (Phi) is 4.64. The molecule has 2 N–H and O–H groups in total. The van der Waals surface area contributed by atoms with Crippen LogP contribution in [-0.2, 0) is 6.42 Å². The Hall–Kier alpha value is -1.91. The lowest BCUT2D eigenvalue weighted by Gasteiger charge is -2.29. The van der Waals surface area contributed by atoms with Crippen molar-refractivity contribution in [3.63, 3.8) is 0 Å². The summed E-state index contributed by atoms with van der Waals surface area (Å²) < 4.78 is 11.1. The average Bonchev–Trinajstić information content (AvgIpc) is 2.56. The van der Waals surface area contributed by atoms with Crippen LogP contribution in [0.25, 0.3) is 0 Å². The maximum atomic E-state index is 10.2. The summed E-state index contributed by atoms with van der Waals surface area (Å²) in [7, 11) is 1.63. The number of phenolic OH excluding ortho intramolecular Hbond substituents is 1. The van der Waals surface area contributed by atoms with E-state index >= 15 is 0 Å². The van der Waals surface area contributed by atoms with E-state index in [1.165, 1.54) is 5.56 Å². The van der Waals surface area contributed by atoms with Gasteiger partial charge in [-0.25, -0.2) is 0 Å². The molecule has 1 unspecified atom stereocenters. The van der Waals surface area contributed by atoms with E-state index in [0.29, 0.717) is 17.4 Å². The van der Waals surface area contributed by atoms with Crippen LogP contribution in [0.3, 0.4) is 0 Å². The molecular formula is C18H20ClNO3. The normalized spacial score (nSPS) is 16.7. The van der Waals surface area contributed by atoms with Crippen molar-refractivity contribution in [2.24, 2.45) is 0 Å². The molecule has 0 aromatic heterocycles. The van der Waals surface area contributed by atoms with Crippen LogP contribution < -0.4 is 14.8 Å². The third kappa shape index (κ3) is 3.09. The van der Waals surface area contributed by atoms with Crippen LogP contribution in [0.2, 0.25) is 5.02 Å². The lowest BCUT2D eigenvalue weighted by molar-refractivity contribution is 0.309. The smallest absolute Gasteiger partial charge is 0.161 e. The predicted molar refractivity (Wildman–Crippen MR) is 90.8 cm³/mol. The van der Waals surface area contributed by atoms with Gasteiger partial charge in [0.15, 0.2) is 11.5 Å². The number of hydrogen-bond donors (Lipinski definition) is 2. The van der Waals surface area contributed by atoms with E-state index in [0.717, 1.165) is 29.8 Å². The summed E-state index contributed by atoms with van der Waals surface area (Å²) in [5.41, 5.74) is 3.04. The highest BCUT2D eigenvalue weighted by atomic mass is 35.5. The van der Waals surface area contributed by atoms with Crippen molar-refractivity contribution in [1.29, 1.82) is 0 Å². The molecule has 0 amide bonds. The van der Waals surface area contributed by atoms with Crippen LogP contribution >= 0.6 is 11.6 Å². The van der Waals surface area contributed by atoms with E-state index in [1.54, 1.807) is 25.3 Å². The Morgan fingerprint density at radius 1 is 1.22 bits per heavy atom. The maximum absolute atomic E-state index is 10.2. The van der Waals surface area contributed by atoms with Crippen LogP contribution in [0, 0.1) is 0 Å². The van der Waals surface area contributed by atoms with E-state index in [4.69, 9.17) is 21.1 Å². The molecule has 0 spiro atoms. The van der Waals surface area contributed by atoms with Crippen molar-refractivity contribution < 1.29 is 14.6 Å². The third-order valence-corrected chi connectivity index (χ3v) is 4.31. The molecule has 2 aromatic rings. The second kappa shape index (κ2) is 6.69. The zero-order chi connectivity index (χ0) is 16.4. The summed E-state index contributed by atoms with van der Waals surface area (Å²) in [5.74, 6) is 1.68. The molecule has 3 rings (SSSR count). The van der Waals surface area contributed by atoms with Crippen molar-refractivity contribution in [2.45, 2.75) is 19.4 Å². The number of hydrogen-bond acceptors (Lipinski definition) is 4. The molecule has 0 radical (unpaired) electrons. The van der Waals surface area contributed by atoms with Gasteiger partial charge in [-0.1, -0.05) is 11.6 Å². The Labute approximate surface area is 141 Å². The number of ether oxygens (including phenoxy) is 2. The first kappa shape index (κ1) is 16.0. The van der Waals surface area contributed by atoms with Crippen LogP contribution in [0.5, 0.6) is 17.2 Å². The van der Waals surface area contributed by atoms with Gasteiger partial charge in [0.2, 0.25) is 0 Å². The van der Waals surface area contributed by atoms with Gasteiger partial charge in [0, 0.05) is 17.1 Å². The van der Waals surface area contributed by atoms with E-state index in [9.17, 15) is 5.11 Å². The second-order valence-electron chi connectivity index (χ2n) is 5.48. The SMILES string of the molecule is CCOc1cc2c(cc1OC)C(c1cc(Cl)ccc1O)NCC2. The second-order valence-corrected chi connectivity index (χ2v) is 5.91. The zero-order valence-electron chi connectivity index (χ0n) is 13.2. The molecule has 1 aliphatic heterocycles. The predicted octanol–water partition coefficient (Wildman–Crippen LogP) is 3.69. The van der Waals surface area contributed by atoms with Crippen molar-refractivity contribution in [2.75, 3.05) is 20.3 Å². The number of halogens is 1. The van der Waals surface area contributed by atoms with Gasteiger partial charge in [-0.3, -0.25) is 0 Å². The first-order chi connectivity index (χ1) is 11.1. The molecule has 122 valence electrons. The minimum atomic E-state index is -0.123. The Balaban J connectivity index is 2.09. The Morgan fingerprint density at radius 3 is 2.78 bits per heavy atom. The monoisotopic (exact) mass is 333 g/mol. The van der Waals surface area contributed by atoms with Gasteiger partial charge in [-0.05, 0) is 54.8 Å². The molecule has 0 saturated carbocycles. The number of rotatable bonds is 4. The van der Waals surface area contributed by atoms with E-state index in [-0.39, 0.29) is 11.8 Å². The average molecular weight is 334 g/mol. The van der Waals surface area contributed by atoms with Crippen LogP contribution in [0.4, 0.5) is 0 Å². The molecule has 1 heterocycles. The van der Waals surface area contributed by atoms with Gasteiger partial charge in [0.1, 0.15) is 5.75 Å². The van der Waals surface area contributed by atoms with Crippen molar-refractivity contribution in [3.8, 4) is 17.2 Å². The lowest BCUT2D eigenvalue weighted by atomic mass is 9.89. The Bertz CT molecular complexity index is 718. The number of benzene rings is 2. The van der Waals surface area contributed by atoms with Crippen molar-refractivity contribution >= 4 is 11.6 Å². The number of fused-ring (bicyclic) bond motifs is 1. The van der Waals surface area contributed by atoms with Crippen LogP contribution in [0.1, 0.15) is 29.7 Å². The molecule has 4 nitrogen and oxygen atoms in total. The molecular weight excluding hydrogens is 314 g/mol. The number of nitrogens with one attached hydrogen (secondary N) is 1. The summed E-state index contributed by atoms with van der Waals surface area (Å²) in [6.07, 6.45) is 0.900. The molecule has 5 heteroatoms. The quantitative estimate of drug-likeness (QED) is 0.896. The Morgan fingerprint density at radius 2 is 2.04 bits per heavy atom. The fraction of sp³-hybridized carbons (Fsp3) is 0.333. The highest BCUT2D eigenvalue weighted by molar-refractivity contribution is 6.30. The third-order valence-electron chi connectivity index (χ3n) is 4.08. The largest absolute Gasteiger partial charge is 0.508 e. The van der Waals surface area contributed by atoms with Gasteiger partial charge in [0.05, 0.1) is 19.8 Å². The standard InChI is InChI=1S/C18H20ClNO3/c1-3-23-17-8-11-6-7-20-18(13(11)10-16(17)22-2)14-9-12(19)4-5-15(14)21/h4-5,8-10,18,20-21H,3,6-7H2,1-2H3. The molecule has 0 fully saturated rings. The number of phenols is 1. The first-order valence-electron chi connectivity index (χ1n) is 7.69. The van der Waals surface area contributed by atoms with E-state index < -0.39 is 0 Å². The topological polar surface area (TPSA) is 50.7 Å². The summed E-state index contributed by atoms with van der Waals surface area (Å²) >= 11 is 6.10. The minimum absolute atomic E-state index is 0.123. The number of methoxy groups -OCH3 is 1. The van der Waals surface area contributed by atoms with Gasteiger partial charge in [-0.15, -0.1) is 0 Å². The van der Waals surface area contributed by atoms with E-state index in [1.807, 2.05) is 19.1 Å². The number of aromatic hydroxyl groups is 1.